The van der Waals surface area contributed by atoms with Crippen molar-refractivity contribution >= 4 is 21.8 Å². The van der Waals surface area contributed by atoms with Crippen molar-refractivity contribution in [2.24, 2.45) is 0 Å². The maximum Gasteiger partial charge on any atom is 0.240 e. The van der Waals surface area contributed by atoms with Crippen LogP contribution in [0.1, 0.15) is 19.4 Å². The largest absolute Gasteiger partial charge is 0.240 e. The number of nitrogens with one attached hydrogen (secondary N) is 1. The van der Waals surface area contributed by atoms with Crippen LogP contribution in [-0.2, 0) is 16.4 Å². The van der Waals surface area contributed by atoms with Crippen molar-refractivity contribution in [1.82, 2.24) is 4.72 Å². The third-order valence-corrected chi connectivity index (χ3v) is 5.19. The quantitative estimate of drug-likeness (QED) is 0.837. The van der Waals surface area contributed by atoms with E-state index in [4.69, 9.17) is 5.26 Å². The van der Waals surface area contributed by atoms with E-state index in [0.29, 0.717) is 0 Å². The summed E-state index contributed by atoms with van der Waals surface area (Å²) in [6, 6.07) is 8.34. The van der Waals surface area contributed by atoms with E-state index in [-0.39, 0.29) is 17.4 Å². The summed E-state index contributed by atoms with van der Waals surface area (Å²) in [5, 5.41) is 8.57. The fourth-order valence-corrected chi connectivity index (χ4v) is 3.56. The number of benzene rings is 1. The van der Waals surface area contributed by atoms with Crippen LogP contribution in [0.5, 0.6) is 0 Å². The first-order valence-electron chi connectivity index (χ1n) is 6.05. The molecule has 0 saturated heterocycles. The van der Waals surface area contributed by atoms with Gasteiger partial charge in [0.1, 0.15) is 0 Å². The van der Waals surface area contributed by atoms with Crippen LogP contribution in [0.3, 0.4) is 0 Å². The lowest BCUT2D eigenvalue weighted by molar-refractivity contribution is 0.571. The van der Waals surface area contributed by atoms with Crippen LogP contribution in [0.4, 0.5) is 0 Å². The Kier molecular flexibility index (Phi) is 6.35. The summed E-state index contributed by atoms with van der Waals surface area (Å²) >= 11 is 1.70. The summed E-state index contributed by atoms with van der Waals surface area (Å²) < 4.78 is 26.8. The maximum absolute atomic E-state index is 12.1. The van der Waals surface area contributed by atoms with Crippen LogP contribution in [0, 0.1) is 11.3 Å². The Balaban J connectivity index is 2.74. The van der Waals surface area contributed by atoms with Crippen molar-refractivity contribution in [1.29, 1.82) is 5.26 Å². The lowest BCUT2D eigenvalue weighted by Crippen LogP contribution is -2.34. The SMILES string of the molecule is CCSCC(C)NS(=O)(=O)c1ccc(CC#N)cc1. The molecule has 0 fully saturated rings. The smallest absolute Gasteiger partial charge is 0.208 e. The number of nitriles is 1. The first-order chi connectivity index (χ1) is 8.99. The van der Waals surface area contributed by atoms with Crippen molar-refractivity contribution < 1.29 is 8.42 Å². The molecular formula is C13H18N2O2S2. The van der Waals surface area contributed by atoms with Gasteiger partial charge in [-0.2, -0.15) is 17.0 Å². The predicted octanol–water partition coefficient (Wildman–Crippen LogP) is 2.17. The van der Waals surface area contributed by atoms with Crippen LogP contribution in [0.25, 0.3) is 0 Å². The fraction of sp³-hybridized carbons (Fsp3) is 0.462. The third-order valence-electron chi connectivity index (χ3n) is 2.45. The van der Waals surface area contributed by atoms with Gasteiger partial charge in [0.05, 0.1) is 17.4 Å². The van der Waals surface area contributed by atoms with Gasteiger partial charge in [-0.3, -0.25) is 0 Å². The van der Waals surface area contributed by atoms with E-state index in [0.717, 1.165) is 17.1 Å². The normalized spacial score (nSPS) is 12.9. The van der Waals surface area contributed by atoms with Gasteiger partial charge in [0, 0.05) is 11.8 Å². The highest BCUT2D eigenvalue weighted by Crippen LogP contribution is 2.12. The summed E-state index contributed by atoms with van der Waals surface area (Å²) in [7, 11) is -3.47. The van der Waals surface area contributed by atoms with E-state index in [1.807, 2.05) is 19.9 Å². The van der Waals surface area contributed by atoms with Crippen LogP contribution >= 0.6 is 11.8 Å². The second kappa shape index (κ2) is 7.53. The minimum Gasteiger partial charge on any atom is -0.208 e. The zero-order chi connectivity index (χ0) is 14.3. The molecule has 4 nitrogen and oxygen atoms in total. The number of nitrogens with zero attached hydrogens (tertiary/aromatic N) is 1. The lowest BCUT2D eigenvalue weighted by Gasteiger charge is -2.13. The number of sulfonamides is 1. The van der Waals surface area contributed by atoms with Gasteiger partial charge >= 0.3 is 0 Å². The Morgan fingerprint density at radius 3 is 2.53 bits per heavy atom. The Labute approximate surface area is 119 Å². The number of thioether (sulfide) groups is 1. The van der Waals surface area contributed by atoms with Gasteiger partial charge in [-0.1, -0.05) is 19.1 Å². The molecule has 0 radical (unpaired) electrons. The molecule has 0 aliphatic heterocycles. The summed E-state index contributed by atoms with van der Waals surface area (Å²) in [6.07, 6.45) is 0.289. The maximum atomic E-state index is 12.1. The molecule has 6 heteroatoms. The molecule has 1 atom stereocenters. The van der Waals surface area contributed by atoms with E-state index >= 15 is 0 Å². The molecule has 1 aromatic rings. The standard InChI is InChI=1S/C13H18N2O2S2/c1-3-18-10-11(2)15-19(16,17)13-6-4-12(5-7-13)8-9-14/h4-7,11,15H,3,8,10H2,1-2H3. The first kappa shape index (κ1) is 16.0. The minimum atomic E-state index is -3.47. The van der Waals surface area contributed by atoms with E-state index in [2.05, 4.69) is 4.72 Å². The molecule has 0 aliphatic carbocycles. The molecule has 1 aromatic carbocycles. The zero-order valence-electron chi connectivity index (χ0n) is 11.1. The van der Waals surface area contributed by atoms with Gasteiger partial charge in [0.25, 0.3) is 0 Å². The average Bonchev–Trinajstić information content (AvgIpc) is 2.37. The Bertz CT molecular complexity index is 533. The second-order valence-electron chi connectivity index (χ2n) is 4.16. The number of hydrogen-bond acceptors (Lipinski definition) is 4. The van der Waals surface area contributed by atoms with Crippen molar-refractivity contribution in [3.8, 4) is 6.07 Å². The fourth-order valence-electron chi connectivity index (χ4n) is 1.54. The second-order valence-corrected chi connectivity index (χ2v) is 7.19. The number of hydrogen-bond donors (Lipinski definition) is 1. The Morgan fingerprint density at radius 1 is 1.37 bits per heavy atom. The molecule has 104 valence electrons. The van der Waals surface area contributed by atoms with Crippen molar-refractivity contribution in [3.63, 3.8) is 0 Å². The predicted molar refractivity (Wildman–Crippen MR) is 78.5 cm³/mol. The summed E-state index contributed by atoms with van der Waals surface area (Å²) in [6.45, 7) is 3.89. The molecule has 0 aliphatic rings. The molecule has 0 amide bonds. The summed E-state index contributed by atoms with van der Waals surface area (Å²) in [5.41, 5.74) is 0.816. The highest BCUT2D eigenvalue weighted by Gasteiger charge is 2.16. The lowest BCUT2D eigenvalue weighted by atomic mass is 10.2. The topological polar surface area (TPSA) is 70.0 Å². The Hall–Kier alpha value is -1.03. The van der Waals surface area contributed by atoms with Gasteiger partial charge in [-0.15, -0.1) is 0 Å². The van der Waals surface area contributed by atoms with Crippen LogP contribution in [0.15, 0.2) is 29.2 Å². The molecule has 0 heterocycles. The van der Waals surface area contributed by atoms with Gasteiger partial charge in [0.2, 0.25) is 10.0 Å². The first-order valence-corrected chi connectivity index (χ1v) is 8.69. The van der Waals surface area contributed by atoms with E-state index in [1.54, 1.807) is 23.9 Å². The third kappa shape index (κ3) is 5.23. The summed E-state index contributed by atoms with van der Waals surface area (Å²) in [5.74, 6) is 1.72. The highest BCUT2D eigenvalue weighted by atomic mass is 32.2. The van der Waals surface area contributed by atoms with Gasteiger partial charge in [-0.25, -0.2) is 13.1 Å². The molecule has 0 aromatic heterocycles. The molecule has 0 bridgehead atoms. The molecule has 19 heavy (non-hydrogen) atoms. The average molecular weight is 298 g/mol. The van der Waals surface area contributed by atoms with E-state index in [9.17, 15) is 8.42 Å². The molecule has 1 rings (SSSR count). The van der Waals surface area contributed by atoms with Gasteiger partial charge < -0.3 is 0 Å². The summed E-state index contributed by atoms with van der Waals surface area (Å²) in [4.78, 5) is 0.238. The Morgan fingerprint density at radius 2 is 2.00 bits per heavy atom. The monoisotopic (exact) mass is 298 g/mol. The van der Waals surface area contributed by atoms with Crippen LogP contribution in [0.2, 0.25) is 0 Å². The number of rotatable bonds is 7. The van der Waals surface area contributed by atoms with Crippen LogP contribution in [-0.4, -0.2) is 26.0 Å². The molecule has 0 spiro atoms. The minimum absolute atomic E-state index is 0.103. The van der Waals surface area contributed by atoms with Gasteiger partial charge in [-0.05, 0) is 30.4 Å². The molecule has 1 N–H and O–H groups in total. The zero-order valence-corrected chi connectivity index (χ0v) is 12.7. The van der Waals surface area contributed by atoms with Crippen molar-refractivity contribution in [2.45, 2.75) is 31.2 Å². The van der Waals surface area contributed by atoms with Crippen molar-refractivity contribution in [2.75, 3.05) is 11.5 Å². The molecule has 0 saturated carbocycles. The van der Waals surface area contributed by atoms with Crippen molar-refractivity contribution in [3.05, 3.63) is 29.8 Å². The highest BCUT2D eigenvalue weighted by molar-refractivity contribution is 7.99. The van der Waals surface area contributed by atoms with Gasteiger partial charge in [0.15, 0.2) is 0 Å². The van der Waals surface area contributed by atoms with E-state index < -0.39 is 10.0 Å². The van der Waals surface area contributed by atoms with E-state index in [1.165, 1.54) is 12.1 Å². The van der Waals surface area contributed by atoms with Crippen LogP contribution < -0.4 is 4.72 Å². The molecular weight excluding hydrogens is 280 g/mol. The molecule has 1 unspecified atom stereocenters.